The average molecular weight is 595 g/mol. The van der Waals surface area contributed by atoms with E-state index in [0.29, 0.717) is 0 Å². The van der Waals surface area contributed by atoms with Crippen molar-refractivity contribution in [1.29, 1.82) is 0 Å². The van der Waals surface area contributed by atoms with Gasteiger partial charge < -0.3 is 8.53 Å². The Morgan fingerprint density at radius 2 is 0.909 bits per heavy atom. The predicted octanol–water partition coefficient (Wildman–Crippen LogP) is 10.6. The number of fused-ring (bicyclic) bond motifs is 6. The molecule has 44 heavy (non-hydrogen) atoms. The van der Waals surface area contributed by atoms with E-state index in [-0.39, 0.29) is 0 Å². The number of para-hydroxylation sites is 2. The normalized spacial score (nSPS) is 11.7. The first-order valence-corrected chi connectivity index (χ1v) is 16.7. The van der Waals surface area contributed by atoms with E-state index in [2.05, 4.69) is 154 Å². The zero-order valence-electron chi connectivity index (χ0n) is 24.2. The van der Waals surface area contributed by atoms with Gasteiger partial charge in [-0.25, -0.2) is 0 Å². The third-order valence-electron chi connectivity index (χ3n) is 9.03. The van der Waals surface area contributed by atoms with Crippen LogP contribution in [0.1, 0.15) is 0 Å². The lowest BCUT2D eigenvalue weighted by molar-refractivity contribution is 1.39. The summed E-state index contributed by atoms with van der Waals surface area (Å²) in [5.74, 6) is 0. The first-order chi connectivity index (χ1) is 21.7. The number of thiophene rings is 1. The Kier molecular flexibility index (Phi) is 5.89. The fraction of sp³-hybridized carbons (Fsp3) is 0. The molecule has 9 aromatic rings. The zero-order chi connectivity index (χ0) is 29.2. The molecule has 0 fully saturated rings. The first kappa shape index (κ1) is 25.6. The zero-order valence-corrected chi connectivity index (χ0v) is 27.0. The second-order valence-electron chi connectivity index (χ2n) is 11.6. The number of benzene rings is 6. The van der Waals surface area contributed by atoms with E-state index in [9.17, 15) is 0 Å². The highest BCUT2D eigenvalue weighted by Gasteiger charge is 2.11. The number of nitrogens with one attached hydrogen (secondary N) is 1. The Bertz CT molecular complexity index is 2490. The fourth-order valence-electron chi connectivity index (χ4n) is 6.68. The summed E-state index contributed by atoms with van der Waals surface area (Å²) in [6, 6.07) is 53.4. The number of H-pyrrole nitrogens is 1. The molecule has 0 aliphatic carbocycles. The van der Waals surface area contributed by atoms with Crippen LogP contribution in [0.4, 0.5) is 0 Å². The Morgan fingerprint density at radius 3 is 1.61 bits per heavy atom. The van der Waals surface area contributed by atoms with Crippen molar-refractivity contribution in [3.8, 4) is 43.1 Å². The van der Waals surface area contributed by atoms with Gasteiger partial charge >= 0.3 is 16.5 Å². The first-order valence-electron chi connectivity index (χ1n) is 15.0. The number of aromatic nitrogens is 2. The summed E-state index contributed by atoms with van der Waals surface area (Å²) >= 11 is 2.82. The molecular formula is C40H27AlN2S. The van der Waals surface area contributed by atoms with Crippen LogP contribution in [-0.4, -0.2) is 25.0 Å². The van der Waals surface area contributed by atoms with Crippen LogP contribution in [0, 0.1) is 0 Å². The van der Waals surface area contributed by atoms with Crippen molar-refractivity contribution in [3.63, 3.8) is 0 Å². The molecular weight excluding hydrogens is 568 g/mol. The van der Waals surface area contributed by atoms with Crippen LogP contribution >= 0.6 is 11.3 Å². The van der Waals surface area contributed by atoms with Gasteiger partial charge in [-0.05, 0) is 81.9 Å². The van der Waals surface area contributed by atoms with E-state index >= 15 is 0 Å². The second kappa shape index (κ2) is 10.1. The highest BCUT2D eigenvalue weighted by atomic mass is 32.1. The summed E-state index contributed by atoms with van der Waals surface area (Å²) in [6.07, 6.45) is 0. The summed E-state index contributed by atoms with van der Waals surface area (Å²) in [4.78, 5) is 6.10. The molecule has 4 heteroatoms. The van der Waals surface area contributed by atoms with Gasteiger partial charge in [0.1, 0.15) is 0 Å². The van der Waals surface area contributed by atoms with Gasteiger partial charge in [0, 0.05) is 53.4 Å². The number of aromatic amines is 1. The summed E-state index contributed by atoms with van der Waals surface area (Å²) in [7, 11) is 0. The number of hydrogen-bond acceptors (Lipinski definition) is 1. The maximum atomic E-state index is 3.53. The Hall–Kier alpha value is -4.85. The van der Waals surface area contributed by atoms with Gasteiger partial charge in [-0.1, -0.05) is 97.1 Å². The van der Waals surface area contributed by atoms with Gasteiger partial charge in [0.15, 0.2) is 0 Å². The molecule has 0 radical (unpaired) electrons. The van der Waals surface area contributed by atoms with Gasteiger partial charge in [0.05, 0.1) is 0 Å². The quantitative estimate of drug-likeness (QED) is 0.196. The Morgan fingerprint density at radius 1 is 0.409 bits per heavy atom. The smallest absolute Gasteiger partial charge is 0.370 e. The second-order valence-corrected chi connectivity index (χ2v) is 13.5. The number of hydrogen-bond donors (Lipinski definition) is 1. The molecule has 2 nitrogen and oxygen atoms in total. The van der Waals surface area contributed by atoms with Crippen molar-refractivity contribution in [2.24, 2.45) is 0 Å². The van der Waals surface area contributed by atoms with Crippen molar-refractivity contribution in [1.82, 2.24) is 8.53 Å². The Labute approximate surface area is 267 Å². The maximum absolute atomic E-state index is 3.53. The molecule has 0 unspecified atom stereocenters. The molecule has 0 amide bonds. The molecule has 6 aromatic carbocycles. The highest BCUT2D eigenvalue weighted by molar-refractivity contribution is 7.18. The van der Waals surface area contributed by atoms with Gasteiger partial charge in [-0.3, -0.25) is 0 Å². The maximum Gasteiger partial charge on any atom is 0.370 e. The van der Waals surface area contributed by atoms with Crippen LogP contribution in [0.5, 0.6) is 0 Å². The fourth-order valence-corrected chi connectivity index (χ4v) is 8.47. The lowest BCUT2D eigenvalue weighted by atomic mass is 10.0. The third kappa shape index (κ3) is 4.15. The van der Waals surface area contributed by atoms with E-state index in [4.69, 9.17) is 0 Å². The molecule has 0 saturated heterocycles. The lowest BCUT2D eigenvalue weighted by Gasteiger charge is -2.06. The van der Waals surface area contributed by atoms with E-state index < -0.39 is 0 Å². The van der Waals surface area contributed by atoms with Crippen molar-refractivity contribution >= 4 is 71.5 Å². The largest absolute Gasteiger partial charge is 0.440 e. The molecule has 0 aliphatic heterocycles. The molecule has 3 heterocycles. The molecule has 0 bridgehead atoms. The highest BCUT2D eigenvalue weighted by Crippen LogP contribution is 2.38. The van der Waals surface area contributed by atoms with E-state index in [1.807, 2.05) is 11.3 Å². The summed E-state index contributed by atoms with van der Waals surface area (Å²) in [5.41, 5.74) is 12.5. The summed E-state index contributed by atoms with van der Waals surface area (Å²) in [6.45, 7) is 0. The summed E-state index contributed by atoms with van der Waals surface area (Å²) in [5, 5.41) is 5.22. The topological polar surface area (TPSA) is 20.7 Å². The van der Waals surface area contributed by atoms with Crippen LogP contribution in [0.25, 0.3) is 86.7 Å². The molecule has 1 N–H and O–H groups in total. The van der Waals surface area contributed by atoms with Gasteiger partial charge in [-0.15, -0.1) is 11.3 Å². The Balaban J connectivity index is 0.977. The summed E-state index contributed by atoms with van der Waals surface area (Å²) < 4.78 is 2.42. The van der Waals surface area contributed by atoms with E-state index in [0.717, 1.165) is 16.5 Å². The average Bonchev–Trinajstić information content (AvgIpc) is 3.80. The molecule has 0 aliphatic rings. The number of rotatable bonds is 4. The molecule has 0 spiro atoms. The SMILES string of the molecule is [AlH2][n]1c2ccccc2c2cc(-c3ccc(-c4ccc(-c5ccc(-c6ccc7[nH]c8ccccc8c7c6)cc5)s4)cc3)ccc21. The van der Waals surface area contributed by atoms with Crippen LogP contribution in [0.3, 0.4) is 0 Å². The van der Waals surface area contributed by atoms with Crippen LogP contribution in [0.15, 0.2) is 146 Å². The minimum Gasteiger partial charge on any atom is -0.440 e. The van der Waals surface area contributed by atoms with Crippen LogP contribution in [0.2, 0.25) is 0 Å². The lowest BCUT2D eigenvalue weighted by Crippen LogP contribution is -1.89. The van der Waals surface area contributed by atoms with Crippen molar-refractivity contribution in [2.75, 3.05) is 0 Å². The van der Waals surface area contributed by atoms with Crippen molar-refractivity contribution in [2.45, 2.75) is 0 Å². The molecule has 3 aromatic heterocycles. The van der Waals surface area contributed by atoms with E-state index in [1.54, 1.807) is 0 Å². The molecule has 9 rings (SSSR count). The van der Waals surface area contributed by atoms with Gasteiger partial charge in [0.25, 0.3) is 0 Å². The minimum absolute atomic E-state index is 0.973. The van der Waals surface area contributed by atoms with Crippen molar-refractivity contribution < 1.29 is 0 Å². The van der Waals surface area contributed by atoms with Crippen molar-refractivity contribution in [3.05, 3.63) is 146 Å². The number of nitrogens with zero attached hydrogens (tertiary/aromatic N) is 1. The predicted molar refractivity (Wildman–Crippen MR) is 192 cm³/mol. The standard InChI is InChI=1S/C40H25N2S.Al.2H/c1-3-7-35-31(5-1)33-23-29(17-19-37(33)41-35)25-9-13-27(14-10-25)39-21-22-40(43-39)28-15-11-26(12-16-28)30-18-20-38-34(24-30)32-6-2-4-8-36(32)42-38;;;/h1-24,41H;;;/q-1;+1;;. The van der Waals surface area contributed by atoms with Gasteiger partial charge in [-0.2, -0.15) is 0 Å². The van der Waals surface area contributed by atoms with Crippen LogP contribution < -0.4 is 0 Å². The molecule has 206 valence electrons. The minimum atomic E-state index is 0.973. The van der Waals surface area contributed by atoms with Crippen LogP contribution in [-0.2, 0) is 0 Å². The van der Waals surface area contributed by atoms with Gasteiger partial charge in [0.2, 0.25) is 0 Å². The molecule has 0 saturated carbocycles. The monoisotopic (exact) mass is 594 g/mol. The molecule has 0 atom stereocenters. The third-order valence-corrected chi connectivity index (χ3v) is 11.2. The van der Waals surface area contributed by atoms with E-state index in [1.165, 1.54) is 86.7 Å².